The lowest BCUT2D eigenvalue weighted by Gasteiger charge is -2.01. The van der Waals surface area contributed by atoms with E-state index in [0.29, 0.717) is 5.25 Å². The molecule has 0 amide bonds. The summed E-state index contributed by atoms with van der Waals surface area (Å²) in [5.74, 6) is 0. The number of rotatable bonds is 2. The summed E-state index contributed by atoms with van der Waals surface area (Å²) in [6.45, 7) is 2.09. The fourth-order valence-corrected chi connectivity index (χ4v) is 1.07. The highest BCUT2D eigenvalue weighted by Gasteiger charge is 1.95. The molecule has 1 nitrogen and oxygen atoms in total. The van der Waals surface area contributed by atoms with E-state index < -0.39 is 0 Å². The van der Waals surface area contributed by atoms with E-state index in [4.69, 9.17) is 0 Å². The van der Waals surface area contributed by atoms with Gasteiger partial charge in [0.25, 0.3) is 0 Å². The van der Waals surface area contributed by atoms with Gasteiger partial charge in [-0.15, -0.1) is 0 Å². The van der Waals surface area contributed by atoms with E-state index in [2.05, 4.69) is 24.5 Å². The molecule has 54 valence electrons. The highest BCUT2D eigenvalue weighted by molar-refractivity contribution is 7.80. The lowest BCUT2D eigenvalue weighted by molar-refractivity contribution is 0.946. The van der Waals surface area contributed by atoms with Gasteiger partial charge < -0.3 is 0 Å². The molecule has 0 aliphatic carbocycles. The molecule has 0 radical (unpaired) electrons. The molecule has 1 aromatic rings. The molecule has 1 rings (SSSR count). The first kappa shape index (κ1) is 7.61. The molecule has 0 aliphatic heterocycles. The Labute approximate surface area is 66.9 Å². The van der Waals surface area contributed by atoms with Crippen molar-refractivity contribution in [3.63, 3.8) is 0 Å². The topological polar surface area (TPSA) is 12.9 Å². The minimum atomic E-state index is 0.433. The first-order valence-electron chi connectivity index (χ1n) is 3.36. The molecule has 0 N–H and O–H groups in total. The van der Waals surface area contributed by atoms with Crippen LogP contribution in [0.15, 0.2) is 24.5 Å². The minimum Gasteiger partial charge on any atom is -0.265 e. The molecule has 0 aliphatic rings. The van der Waals surface area contributed by atoms with Crippen LogP contribution in [0.2, 0.25) is 0 Å². The third-order valence-electron chi connectivity index (χ3n) is 1.28. The van der Waals surface area contributed by atoms with Gasteiger partial charge in [0.05, 0.1) is 0 Å². The number of thiol groups is 1. The Bertz CT molecular complexity index is 184. The average Bonchev–Trinajstić information content (AvgIpc) is 1.88. The van der Waals surface area contributed by atoms with Gasteiger partial charge in [-0.25, -0.2) is 0 Å². The molecular weight excluding hydrogens is 142 g/mol. The maximum absolute atomic E-state index is 4.29. The average molecular weight is 153 g/mol. The monoisotopic (exact) mass is 153 g/mol. The first-order chi connectivity index (χ1) is 4.79. The van der Waals surface area contributed by atoms with Gasteiger partial charge >= 0.3 is 0 Å². The highest BCUT2D eigenvalue weighted by Crippen LogP contribution is 2.04. The molecule has 1 aromatic heterocycles. The van der Waals surface area contributed by atoms with E-state index >= 15 is 0 Å². The van der Waals surface area contributed by atoms with E-state index in [9.17, 15) is 0 Å². The Kier molecular flexibility index (Phi) is 2.75. The zero-order valence-corrected chi connectivity index (χ0v) is 6.88. The maximum atomic E-state index is 4.29. The molecule has 0 saturated carbocycles. The normalized spacial score (nSPS) is 13.0. The van der Waals surface area contributed by atoms with Crippen LogP contribution in [0.25, 0.3) is 0 Å². The Morgan fingerprint density at radius 1 is 1.50 bits per heavy atom. The van der Waals surface area contributed by atoms with Crippen LogP contribution in [0.5, 0.6) is 0 Å². The molecule has 0 fully saturated rings. The third kappa shape index (κ3) is 2.40. The second kappa shape index (κ2) is 3.62. The van der Waals surface area contributed by atoms with Crippen LogP contribution >= 0.6 is 12.6 Å². The predicted octanol–water partition coefficient (Wildman–Crippen LogP) is 1.94. The predicted molar refractivity (Wildman–Crippen MR) is 46.4 cm³/mol. The smallest absolute Gasteiger partial charge is 0.0270 e. The fourth-order valence-electron chi connectivity index (χ4n) is 0.860. The molecule has 2 heteroatoms. The van der Waals surface area contributed by atoms with E-state index in [0.717, 1.165) is 6.42 Å². The van der Waals surface area contributed by atoms with Gasteiger partial charge in [0, 0.05) is 17.6 Å². The van der Waals surface area contributed by atoms with Crippen molar-refractivity contribution in [2.45, 2.75) is 18.6 Å². The SMILES string of the molecule is CC(S)Cc1ccncc1. The molecule has 0 bridgehead atoms. The third-order valence-corrected chi connectivity index (χ3v) is 1.46. The summed E-state index contributed by atoms with van der Waals surface area (Å²) >= 11 is 4.29. The minimum absolute atomic E-state index is 0.433. The molecule has 0 aromatic carbocycles. The Hall–Kier alpha value is -0.500. The van der Waals surface area contributed by atoms with Gasteiger partial charge in [-0.05, 0) is 24.1 Å². The van der Waals surface area contributed by atoms with Crippen molar-refractivity contribution in [2.75, 3.05) is 0 Å². The summed E-state index contributed by atoms with van der Waals surface area (Å²) < 4.78 is 0. The molecular formula is C8H11NS. The Morgan fingerprint density at radius 2 is 2.10 bits per heavy atom. The van der Waals surface area contributed by atoms with Gasteiger partial charge in [0.2, 0.25) is 0 Å². The van der Waals surface area contributed by atoms with Crippen LogP contribution in [-0.2, 0) is 6.42 Å². The zero-order valence-electron chi connectivity index (χ0n) is 5.99. The van der Waals surface area contributed by atoms with Crippen molar-refractivity contribution < 1.29 is 0 Å². The summed E-state index contributed by atoms with van der Waals surface area (Å²) in [6.07, 6.45) is 4.64. The van der Waals surface area contributed by atoms with Gasteiger partial charge in [0.1, 0.15) is 0 Å². The summed E-state index contributed by atoms with van der Waals surface area (Å²) in [5, 5.41) is 0.433. The summed E-state index contributed by atoms with van der Waals surface area (Å²) in [4.78, 5) is 3.93. The van der Waals surface area contributed by atoms with Gasteiger partial charge in [-0.3, -0.25) is 4.98 Å². The fraction of sp³-hybridized carbons (Fsp3) is 0.375. The molecule has 0 spiro atoms. The quantitative estimate of drug-likeness (QED) is 0.641. The highest BCUT2D eigenvalue weighted by atomic mass is 32.1. The molecule has 1 unspecified atom stereocenters. The zero-order chi connectivity index (χ0) is 7.40. The van der Waals surface area contributed by atoms with Crippen molar-refractivity contribution in [3.05, 3.63) is 30.1 Å². The van der Waals surface area contributed by atoms with Crippen molar-refractivity contribution >= 4 is 12.6 Å². The van der Waals surface area contributed by atoms with Gasteiger partial charge in [0.15, 0.2) is 0 Å². The second-order valence-electron chi connectivity index (χ2n) is 2.41. The summed E-state index contributed by atoms with van der Waals surface area (Å²) in [7, 11) is 0. The number of hydrogen-bond donors (Lipinski definition) is 1. The number of nitrogens with zero attached hydrogens (tertiary/aromatic N) is 1. The van der Waals surface area contributed by atoms with Crippen molar-refractivity contribution in [3.8, 4) is 0 Å². The largest absolute Gasteiger partial charge is 0.265 e. The van der Waals surface area contributed by atoms with Crippen LogP contribution < -0.4 is 0 Å². The molecule has 0 saturated heterocycles. The van der Waals surface area contributed by atoms with E-state index in [1.54, 1.807) is 0 Å². The van der Waals surface area contributed by atoms with Crippen LogP contribution in [0.3, 0.4) is 0 Å². The van der Waals surface area contributed by atoms with Crippen LogP contribution in [-0.4, -0.2) is 10.2 Å². The molecule has 1 heterocycles. The van der Waals surface area contributed by atoms with Crippen LogP contribution in [0.4, 0.5) is 0 Å². The standard InChI is InChI=1S/C8H11NS/c1-7(10)6-8-2-4-9-5-3-8/h2-5,7,10H,6H2,1H3. The summed E-state index contributed by atoms with van der Waals surface area (Å²) in [6, 6.07) is 4.04. The lowest BCUT2D eigenvalue weighted by Crippen LogP contribution is -1.96. The second-order valence-corrected chi connectivity index (χ2v) is 3.29. The van der Waals surface area contributed by atoms with E-state index in [1.165, 1.54) is 5.56 Å². The lowest BCUT2D eigenvalue weighted by atomic mass is 10.1. The van der Waals surface area contributed by atoms with Crippen LogP contribution in [0.1, 0.15) is 12.5 Å². The van der Waals surface area contributed by atoms with Gasteiger partial charge in [-0.2, -0.15) is 12.6 Å². The van der Waals surface area contributed by atoms with Gasteiger partial charge in [-0.1, -0.05) is 6.92 Å². The Balaban J connectivity index is 2.59. The maximum Gasteiger partial charge on any atom is 0.0270 e. The molecule has 1 atom stereocenters. The number of aromatic nitrogens is 1. The van der Waals surface area contributed by atoms with Crippen molar-refractivity contribution in [1.82, 2.24) is 4.98 Å². The van der Waals surface area contributed by atoms with E-state index in [-0.39, 0.29) is 0 Å². The van der Waals surface area contributed by atoms with Crippen molar-refractivity contribution in [2.24, 2.45) is 0 Å². The van der Waals surface area contributed by atoms with E-state index in [1.807, 2.05) is 24.5 Å². The summed E-state index contributed by atoms with van der Waals surface area (Å²) in [5.41, 5.74) is 1.30. The van der Waals surface area contributed by atoms with Crippen molar-refractivity contribution in [1.29, 1.82) is 0 Å². The Morgan fingerprint density at radius 3 is 2.60 bits per heavy atom. The number of hydrogen-bond acceptors (Lipinski definition) is 2. The molecule has 10 heavy (non-hydrogen) atoms. The number of pyridine rings is 1. The first-order valence-corrected chi connectivity index (χ1v) is 3.87. The van der Waals surface area contributed by atoms with Crippen LogP contribution in [0, 0.1) is 0 Å².